The number of halogens is 1. The lowest BCUT2D eigenvalue weighted by Gasteiger charge is -2.32. The first-order valence-electron chi connectivity index (χ1n) is 10.1. The fourth-order valence-electron chi connectivity index (χ4n) is 3.98. The number of nitrogens with zero attached hydrogens (tertiary/aromatic N) is 1. The van der Waals surface area contributed by atoms with E-state index in [1.807, 2.05) is 4.90 Å². The van der Waals surface area contributed by atoms with E-state index < -0.39 is 0 Å². The maximum Gasteiger partial charge on any atom is 0.223 e. The summed E-state index contributed by atoms with van der Waals surface area (Å²) in [7, 11) is 0. The van der Waals surface area contributed by atoms with Crippen LogP contribution in [0.2, 0.25) is 0 Å². The third kappa shape index (κ3) is 6.03. The van der Waals surface area contributed by atoms with Crippen LogP contribution in [0.4, 0.5) is 4.39 Å². The van der Waals surface area contributed by atoms with Crippen molar-refractivity contribution in [2.75, 3.05) is 26.2 Å². The van der Waals surface area contributed by atoms with Crippen molar-refractivity contribution in [3.63, 3.8) is 0 Å². The maximum absolute atomic E-state index is 12.9. The van der Waals surface area contributed by atoms with E-state index in [9.17, 15) is 14.0 Å². The molecule has 2 amide bonds. The number of benzene rings is 1. The van der Waals surface area contributed by atoms with Crippen molar-refractivity contribution in [3.05, 3.63) is 35.6 Å². The average Bonchev–Trinajstić information content (AvgIpc) is 2.72. The summed E-state index contributed by atoms with van der Waals surface area (Å²) in [6.45, 7) is 3.88. The van der Waals surface area contributed by atoms with Crippen molar-refractivity contribution >= 4 is 11.8 Å². The smallest absolute Gasteiger partial charge is 0.223 e. The zero-order chi connectivity index (χ0) is 19.1. The second-order valence-electron chi connectivity index (χ2n) is 7.73. The monoisotopic (exact) mass is 375 g/mol. The van der Waals surface area contributed by atoms with Crippen LogP contribution in [0.1, 0.15) is 44.1 Å². The molecule has 5 nitrogen and oxygen atoms in total. The first kappa shape index (κ1) is 19.8. The molecule has 0 unspecified atom stereocenters. The molecule has 0 saturated carbocycles. The Labute approximate surface area is 160 Å². The lowest BCUT2D eigenvalue weighted by Crippen LogP contribution is -2.43. The van der Waals surface area contributed by atoms with Gasteiger partial charge in [-0.2, -0.15) is 0 Å². The molecule has 0 spiro atoms. The molecule has 2 fully saturated rings. The SMILES string of the molecule is O=C(NCc1ccc(F)cc1)C1CCN(C(=O)CCC2CCNCC2)CC1. The largest absolute Gasteiger partial charge is 0.352 e. The van der Waals surface area contributed by atoms with Crippen molar-refractivity contribution < 1.29 is 14.0 Å². The van der Waals surface area contributed by atoms with Gasteiger partial charge in [-0.3, -0.25) is 9.59 Å². The number of rotatable bonds is 6. The second-order valence-corrected chi connectivity index (χ2v) is 7.73. The van der Waals surface area contributed by atoms with Gasteiger partial charge in [-0.25, -0.2) is 4.39 Å². The van der Waals surface area contributed by atoms with Crippen LogP contribution >= 0.6 is 0 Å². The summed E-state index contributed by atoms with van der Waals surface area (Å²) in [5.74, 6) is 0.617. The first-order chi connectivity index (χ1) is 13.1. The lowest BCUT2D eigenvalue weighted by atomic mass is 9.92. The number of amides is 2. The van der Waals surface area contributed by atoms with E-state index in [1.165, 1.54) is 25.0 Å². The molecule has 2 N–H and O–H groups in total. The maximum atomic E-state index is 12.9. The molecule has 2 heterocycles. The van der Waals surface area contributed by atoms with Gasteiger partial charge in [0.05, 0.1) is 0 Å². The average molecular weight is 375 g/mol. The van der Waals surface area contributed by atoms with Crippen molar-refractivity contribution in [2.45, 2.75) is 45.1 Å². The van der Waals surface area contributed by atoms with Gasteiger partial charge in [-0.15, -0.1) is 0 Å². The number of hydrogen-bond acceptors (Lipinski definition) is 3. The highest BCUT2D eigenvalue weighted by atomic mass is 19.1. The summed E-state index contributed by atoms with van der Waals surface area (Å²) in [6.07, 6.45) is 5.39. The Morgan fingerprint density at radius 3 is 2.41 bits per heavy atom. The lowest BCUT2D eigenvalue weighted by molar-refractivity contribution is -0.136. The number of piperidine rings is 2. The van der Waals surface area contributed by atoms with Crippen LogP contribution in [0.15, 0.2) is 24.3 Å². The quantitative estimate of drug-likeness (QED) is 0.803. The van der Waals surface area contributed by atoms with Gasteiger partial charge >= 0.3 is 0 Å². The minimum Gasteiger partial charge on any atom is -0.352 e. The Morgan fingerprint density at radius 1 is 1.07 bits per heavy atom. The molecular weight excluding hydrogens is 345 g/mol. The van der Waals surface area contributed by atoms with Crippen LogP contribution in [0.25, 0.3) is 0 Å². The Hall–Kier alpha value is -1.95. The molecule has 1 aromatic rings. The van der Waals surface area contributed by atoms with Gasteiger partial charge in [0.25, 0.3) is 0 Å². The van der Waals surface area contributed by atoms with Gasteiger partial charge in [0.2, 0.25) is 11.8 Å². The molecule has 0 aliphatic carbocycles. The molecule has 0 bridgehead atoms. The normalized spacial score (nSPS) is 19.1. The van der Waals surface area contributed by atoms with E-state index in [0.717, 1.165) is 25.1 Å². The molecule has 6 heteroatoms. The molecule has 0 aromatic heterocycles. The van der Waals surface area contributed by atoms with Gasteiger partial charge in [-0.1, -0.05) is 12.1 Å². The van der Waals surface area contributed by atoms with E-state index in [2.05, 4.69) is 10.6 Å². The van der Waals surface area contributed by atoms with E-state index in [-0.39, 0.29) is 23.5 Å². The molecule has 27 heavy (non-hydrogen) atoms. The van der Waals surface area contributed by atoms with E-state index in [4.69, 9.17) is 0 Å². The summed E-state index contributed by atoms with van der Waals surface area (Å²) in [5.41, 5.74) is 0.885. The zero-order valence-corrected chi connectivity index (χ0v) is 15.9. The van der Waals surface area contributed by atoms with Crippen LogP contribution in [0.3, 0.4) is 0 Å². The van der Waals surface area contributed by atoms with Gasteiger partial charge in [0, 0.05) is 32.0 Å². The third-order valence-corrected chi connectivity index (χ3v) is 5.82. The number of carbonyl (C=O) groups excluding carboxylic acids is 2. The topological polar surface area (TPSA) is 61.4 Å². The van der Waals surface area contributed by atoms with E-state index in [0.29, 0.717) is 44.8 Å². The molecule has 148 valence electrons. The number of carbonyl (C=O) groups is 2. The molecule has 0 radical (unpaired) electrons. The van der Waals surface area contributed by atoms with Crippen molar-refractivity contribution in [2.24, 2.45) is 11.8 Å². The second kappa shape index (κ2) is 9.83. The van der Waals surface area contributed by atoms with Gasteiger partial charge in [-0.05, 0) is 68.8 Å². The fraction of sp³-hybridized carbons (Fsp3) is 0.619. The van der Waals surface area contributed by atoms with Crippen LogP contribution in [-0.2, 0) is 16.1 Å². The summed E-state index contributed by atoms with van der Waals surface area (Å²) >= 11 is 0. The molecule has 3 rings (SSSR count). The van der Waals surface area contributed by atoms with Crippen molar-refractivity contribution in [1.29, 1.82) is 0 Å². The molecular formula is C21H30FN3O2. The standard InChI is InChI=1S/C21H30FN3O2/c22-19-4-1-17(2-5-19)15-24-21(27)18-9-13-25(14-10-18)20(26)6-3-16-7-11-23-12-8-16/h1-2,4-5,16,18,23H,3,6-15H2,(H,24,27). The predicted octanol–water partition coefficient (Wildman–Crippen LogP) is 2.46. The molecule has 2 aliphatic rings. The van der Waals surface area contributed by atoms with Crippen LogP contribution < -0.4 is 10.6 Å². The molecule has 2 saturated heterocycles. The summed E-state index contributed by atoms with van der Waals surface area (Å²) in [6, 6.07) is 6.16. The fourth-order valence-corrected chi connectivity index (χ4v) is 3.98. The van der Waals surface area contributed by atoms with Gasteiger partial charge in [0.1, 0.15) is 5.82 Å². The highest BCUT2D eigenvalue weighted by Gasteiger charge is 2.27. The molecule has 1 aromatic carbocycles. The highest BCUT2D eigenvalue weighted by Crippen LogP contribution is 2.21. The van der Waals surface area contributed by atoms with Gasteiger partial charge < -0.3 is 15.5 Å². The third-order valence-electron chi connectivity index (χ3n) is 5.82. The number of hydrogen-bond donors (Lipinski definition) is 2. The Bertz CT molecular complexity index is 621. The summed E-state index contributed by atoms with van der Waals surface area (Å²) in [4.78, 5) is 26.7. The highest BCUT2D eigenvalue weighted by molar-refractivity contribution is 5.80. The number of likely N-dealkylation sites (tertiary alicyclic amines) is 1. The van der Waals surface area contributed by atoms with Crippen LogP contribution in [-0.4, -0.2) is 42.9 Å². The minimum atomic E-state index is -0.276. The van der Waals surface area contributed by atoms with Crippen molar-refractivity contribution in [3.8, 4) is 0 Å². The first-order valence-corrected chi connectivity index (χ1v) is 10.1. The van der Waals surface area contributed by atoms with E-state index in [1.54, 1.807) is 12.1 Å². The molecule has 2 aliphatic heterocycles. The van der Waals surface area contributed by atoms with Crippen LogP contribution in [0.5, 0.6) is 0 Å². The predicted molar refractivity (Wildman–Crippen MR) is 102 cm³/mol. The van der Waals surface area contributed by atoms with E-state index >= 15 is 0 Å². The van der Waals surface area contributed by atoms with Crippen LogP contribution in [0, 0.1) is 17.7 Å². The Balaban J connectivity index is 1.35. The zero-order valence-electron chi connectivity index (χ0n) is 15.9. The van der Waals surface area contributed by atoms with Gasteiger partial charge in [0.15, 0.2) is 0 Å². The summed E-state index contributed by atoms with van der Waals surface area (Å²) < 4.78 is 12.9. The minimum absolute atomic E-state index is 0.0288. The molecule has 0 atom stereocenters. The Kier molecular flexibility index (Phi) is 7.21. The number of nitrogens with one attached hydrogen (secondary N) is 2. The Morgan fingerprint density at radius 2 is 1.74 bits per heavy atom. The van der Waals surface area contributed by atoms with Crippen molar-refractivity contribution in [1.82, 2.24) is 15.5 Å². The summed E-state index contributed by atoms with van der Waals surface area (Å²) in [5, 5.41) is 6.28.